The largest absolute Gasteiger partial charge is 0.426 e. The minimum Gasteiger partial charge on any atom is -0.426 e. The number of hydrogen-bond donors (Lipinski definition) is 0. The van der Waals surface area contributed by atoms with Crippen molar-refractivity contribution in [2.45, 2.75) is 26.7 Å². The van der Waals surface area contributed by atoms with Crippen molar-refractivity contribution in [2.75, 3.05) is 16.3 Å². The van der Waals surface area contributed by atoms with Gasteiger partial charge in [0.2, 0.25) is 17.7 Å². The maximum atomic E-state index is 13.1. The predicted octanol–water partition coefficient (Wildman–Crippen LogP) is 3.57. The third kappa shape index (κ3) is 3.32. The first-order valence-electron chi connectivity index (χ1n) is 12.1. The Kier molecular flexibility index (Phi) is 4.91. The second kappa shape index (κ2) is 7.90. The number of ether oxygens (including phenoxy) is 1. The molecule has 2 aliphatic heterocycles. The molecule has 178 valence electrons. The average Bonchev–Trinajstić information content (AvgIpc) is 3.58. The molecule has 2 saturated heterocycles. The summed E-state index contributed by atoms with van der Waals surface area (Å²) in [5, 5.41) is 0. The van der Waals surface area contributed by atoms with Gasteiger partial charge in [-0.3, -0.25) is 19.2 Å². The van der Waals surface area contributed by atoms with Crippen LogP contribution in [0.5, 0.6) is 5.75 Å². The summed E-state index contributed by atoms with van der Waals surface area (Å²) in [5.74, 6) is -1.61. The van der Waals surface area contributed by atoms with Crippen molar-refractivity contribution in [1.29, 1.82) is 0 Å². The van der Waals surface area contributed by atoms with Gasteiger partial charge in [0.15, 0.2) is 0 Å². The second-order valence-electron chi connectivity index (χ2n) is 10.1. The summed E-state index contributed by atoms with van der Waals surface area (Å²) in [4.78, 5) is 54.8. The highest BCUT2D eigenvalue weighted by atomic mass is 16.5. The van der Waals surface area contributed by atoms with E-state index in [1.807, 2.05) is 32.0 Å². The molecule has 0 aromatic heterocycles. The Hall–Kier alpha value is -3.74. The Bertz CT molecular complexity index is 1260. The molecule has 0 radical (unpaired) electrons. The molecule has 4 aliphatic rings. The number of esters is 1. The fraction of sp³-hybridized carbons (Fsp3) is 0.357. The van der Waals surface area contributed by atoms with E-state index >= 15 is 0 Å². The molecule has 0 spiro atoms. The Labute approximate surface area is 203 Å². The van der Waals surface area contributed by atoms with Crippen LogP contribution in [0.1, 0.15) is 24.0 Å². The van der Waals surface area contributed by atoms with Crippen LogP contribution in [-0.2, 0) is 19.2 Å². The highest BCUT2D eigenvalue weighted by Gasteiger charge is 2.59. The van der Waals surface area contributed by atoms with Crippen molar-refractivity contribution in [3.63, 3.8) is 0 Å². The minimum absolute atomic E-state index is 0.0779. The number of carbonyl (C=O) groups is 4. The molecule has 7 heteroatoms. The van der Waals surface area contributed by atoms with Gasteiger partial charge in [-0.15, -0.1) is 0 Å². The molecule has 2 bridgehead atoms. The van der Waals surface area contributed by atoms with Gasteiger partial charge in [-0.1, -0.05) is 36.4 Å². The molecule has 35 heavy (non-hydrogen) atoms. The molecule has 2 heterocycles. The first kappa shape index (κ1) is 21.8. The number of rotatable bonds is 4. The number of anilines is 2. The van der Waals surface area contributed by atoms with Crippen LogP contribution in [0.2, 0.25) is 0 Å². The Balaban J connectivity index is 1.18. The van der Waals surface area contributed by atoms with Crippen molar-refractivity contribution >= 4 is 35.1 Å². The Morgan fingerprint density at radius 1 is 0.914 bits per heavy atom. The molecule has 2 aromatic rings. The number of aryl methyl sites for hydroxylation is 2. The summed E-state index contributed by atoms with van der Waals surface area (Å²) in [5.41, 5.74) is 3.22. The van der Waals surface area contributed by atoms with Crippen molar-refractivity contribution in [3.05, 3.63) is 65.7 Å². The number of fused-ring (bicyclic) bond motifs is 5. The lowest BCUT2D eigenvalue weighted by molar-refractivity contribution is -0.139. The first-order valence-corrected chi connectivity index (χ1v) is 12.1. The van der Waals surface area contributed by atoms with Crippen molar-refractivity contribution in [3.8, 4) is 5.75 Å². The Morgan fingerprint density at radius 2 is 1.54 bits per heavy atom. The number of allylic oxidation sites excluding steroid dienone is 2. The molecule has 2 aliphatic carbocycles. The number of hydrogen-bond acceptors (Lipinski definition) is 5. The summed E-state index contributed by atoms with van der Waals surface area (Å²) >= 11 is 0. The van der Waals surface area contributed by atoms with Crippen LogP contribution in [0.3, 0.4) is 0 Å². The fourth-order valence-electron chi connectivity index (χ4n) is 6.36. The smallest absolute Gasteiger partial charge is 0.316 e. The zero-order valence-electron chi connectivity index (χ0n) is 19.6. The summed E-state index contributed by atoms with van der Waals surface area (Å²) in [6.07, 6.45) is 5.07. The number of carbonyl (C=O) groups excluding carboxylic acids is 4. The molecule has 0 unspecified atom stereocenters. The monoisotopic (exact) mass is 470 g/mol. The van der Waals surface area contributed by atoms with E-state index in [4.69, 9.17) is 4.74 Å². The van der Waals surface area contributed by atoms with Crippen LogP contribution in [0.25, 0.3) is 0 Å². The number of nitrogens with zero attached hydrogens (tertiary/aromatic N) is 2. The lowest BCUT2D eigenvalue weighted by atomic mass is 9.85. The molecule has 2 aromatic carbocycles. The number of amides is 3. The lowest BCUT2D eigenvalue weighted by Crippen LogP contribution is -2.32. The van der Waals surface area contributed by atoms with Gasteiger partial charge >= 0.3 is 5.97 Å². The number of para-hydroxylation sites is 1. The van der Waals surface area contributed by atoms with E-state index in [9.17, 15) is 19.2 Å². The van der Waals surface area contributed by atoms with Gasteiger partial charge in [-0.2, -0.15) is 0 Å². The molecule has 3 fully saturated rings. The van der Waals surface area contributed by atoms with E-state index in [-0.39, 0.29) is 60.1 Å². The van der Waals surface area contributed by atoms with Gasteiger partial charge in [0.25, 0.3) is 0 Å². The van der Waals surface area contributed by atoms with Gasteiger partial charge < -0.3 is 9.64 Å². The van der Waals surface area contributed by atoms with E-state index in [2.05, 4.69) is 12.2 Å². The van der Waals surface area contributed by atoms with Crippen molar-refractivity contribution in [1.82, 2.24) is 0 Å². The van der Waals surface area contributed by atoms with Crippen LogP contribution in [0, 0.1) is 43.4 Å². The standard InChI is InChI=1S/C28H26N2O5/c1-15-5-3-6-16(2)25(15)29-14-19(12-22(29)31)28(34)35-21-8-4-7-20(13-21)30-26(32)23-17-9-10-18(11-17)24(23)27(30)33/h3-10,13,17-19,23-24H,11-12,14H2,1-2H3/t17-,18-,19-,23-,24+/m0/s1. The van der Waals surface area contributed by atoms with Gasteiger partial charge in [0, 0.05) is 24.7 Å². The van der Waals surface area contributed by atoms with Gasteiger partial charge in [0.05, 0.1) is 23.4 Å². The highest BCUT2D eigenvalue weighted by molar-refractivity contribution is 6.22. The second-order valence-corrected chi connectivity index (χ2v) is 10.1. The van der Waals surface area contributed by atoms with Crippen molar-refractivity contribution < 1.29 is 23.9 Å². The lowest BCUT2D eigenvalue weighted by Gasteiger charge is -2.21. The third-order valence-electron chi connectivity index (χ3n) is 7.93. The fourth-order valence-corrected chi connectivity index (χ4v) is 6.36. The third-order valence-corrected chi connectivity index (χ3v) is 7.93. The first-order chi connectivity index (χ1) is 16.8. The van der Waals surface area contributed by atoms with E-state index in [0.29, 0.717) is 5.69 Å². The van der Waals surface area contributed by atoms with Gasteiger partial charge in [-0.05, 0) is 55.4 Å². The Morgan fingerprint density at radius 3 is 2.20 bits per heavy atom. The summed E-state index contributed by atoms with van der Waals surface area (Å²) in [7, 11) is 0. The summed E-state index contributed by atoms with van der Waals surface area (Å²) in [6, 6.07) is 12.4. The highest BCUT2D eigenvalue weighted by Crippen LogP contribution is 2.53. The van der Waals surface area contributed by atoms with Gasteiger partial charge in [-0.25, -0.2) is 4.90 Å². The van der Waals surface area contributed by atoms with E-state index in [1.54, 1.807) is 29.2 Å². The number of imide groups is 1. The zero-order chi connectivity index (χ0) is 24.4. The molecular weight excluding hydrogens is 444 g/mol. The SMILES string of the molecule is Cc1cccc(C)c1N1C[C@@H](C(=O)Oc2cccc(N3C(=O)[C@@H]4[C@H](C3=O)[C@H]3C=C[C@H]4C3)c2)CC1=O. The van der Waals surface area contributed by atoms with Crippen LogP contribution < -0.4 is 14.5 Å². The normalized spacial score (nSPS) is 28.9. The minimum atomic E-state index is -0.596. The number of benzene rings is 2. The maximum Gasteiger partial charge on any atom is 0.316 e. The quantitative estimate of drug-likeness (QED) is 0.295. The molecule has 5 atom stereocenters. The zero-order valence-corrected chi connectivity index (χ0v) is 19.6. The maximum absolute atomic E-state index is 13.1. The molecule has 0 N–H and O–H groups in total. The topological polar surface area (TPSA) is 84.0 Å². The van der Waals surface area contributed by atoms with Crippen LogP contribution in [0.4, 0.5) is 11.4 Å². The molecule has 1 saturated carbocycles. The summed E-state index contributed by atoms with van der Waals surface area (Å²) in [6.45, 7) is 4.15. The molecule has 7 nitrogen and oxygen atoms in total. The molecule has 3 amide bonds. The average molecular weight is 471 g/mol. The van der Waals surface area contributed by atoms with Crippen molar-refractivity contribution in [2.24, 2.45) is 29.6 Å². The van der Waals surface area contributed by atoms with Crippen LogP contribution >= 0.6 is 0 Å². The van der Waals surface area contributed by atoms with Crippen LogP contribution in [0.15, 0.2) is 54.6 Å². The predicted molar refractivity (Wildman–Crippen MR) is 129 cm³/mol. The van der Waals surface area contributed by atoms with E-state index in [0.717, 1.165) is 23.2 Å². The van der Waals surface area contributed by atoms with Crippen LogP contribution in [-0.4, -0.2) is 30.2 Å². The van der Waals surface area contributed by atoms with E-state index < -0.39 is 11.9 Å². The molecule has 6 rings (SSSR count). The van der Waals surface area contributed by atoms with E-state index in [1.165, 1.54) is 4.90 Å². The summed E-state index contributed by atoms with van der Waals surface area (Å²) < 4.78 is 5.63. The van der Waals surface area contributed by atoms with Gasteiger partial charge in [0.1, 0.15) is 5.75 Å². The molecular formula is C28H26N2O5.